The van der Waals surface area contributed by atoms with Crippen molar-refractivity contribution in [2.75, 3.05) is 19.0 Å². The Hall–Kier alpha value is -3.52. The molecule has 0 unspecified atom stereocenters. The van der Waals surface area contributed by atoms with Gasteiger partial charge in [-0.2, -0.15) is 0 Å². The topological polar surface area (TPSA) is 88.6 Å². The zero-order valence-corrected chi connectivity index (χ0v) is 18.0. The molecular formula is C23H21N3O4S. The van der Waals surface area contributed by atoms with E-state index in [2.05, 4.69) is 10.3 Å². The molecular weight excluding hydrogens is 414 g/mol. The Balaban J connectivity index is 1.39. The molecule has 2 heterocycles. The second-order valence-corrected chi connectivity index (χ2v) is 8.34. The fourth-order valence-corrected chi connectivity index (χ4v) is 4.34. The van der Waals surface area contributed by atoms with Gasteiger partial charge in [-0.1, -0.05) is 18.2 Å². The van der Waals surface area contributed by atoms with Gasteiger partial charge in [0, 0.05) is 29.0 Å². The first-order valence-electron chi connectivity index (χ1n) is 9.80. The third-order valence-electron chi connectivity index (χ3n) is 5.10. The number of imide groups is 1. The van der Waals surface area contributed by atoms with E-state index < -0.39 is 0 Å². The van der Waals surface area contributed by atoms with Crippen molar-refractivity contribution < 1.29 is 19.1 Å². The standard InChI is InChI=1S/C23H21N3O4S/c1-14-21(15-7-9-17(30-2)10-8-15)25-23(31-14)24-19(27)11-12-26-20(28)13-16-5-3-4-6-18(16)22(26)29/h3-10H,11-13H2,1-2H3,(H,24,25,27). The fraction of sp³-hybridized carbons (Fsp3) is 0.217. The lowest BCUT2D eigenvalue weighted by atomic mass is 9.98. The monoisotopic (exact) mass is 435 g/mol. The summed E-state index contributed by atoms with van der Waals surface area (Å²) in [7, 11) is 1.61. The van der Waals surface area contributed by atoms with E-state index in [1.165, 1.54) is 11.3 Å². The van der Waals surface area contributed by atoms with Crippen LogP contribution in [0.2, 0.25) is 0 Å². The first kappa shape index (κ1) is 20.7. The third-order valence-corrected chi connectivity index (χ3v) is 5.99. The predicted octanol–water partition coefficient (Wildman–Crippen LogP) is 3.68. The summed E-state index contributed by atoms with van der Waals surface area (Å²) in [6, 6.07) is 14.6. The Morgan fingerprint density at radius 2 is 1.90 bits per heavy atom. The molecule has 2 aromatic carbocycles. The summed E-state index contributed by atoms with van der Waals surface area (Å²) in [6.45, 7) is 1.98. The Kier molecular flexibility index (Phi) is 5.81. The van der Waals surface area contributed by atoms with Crippen LogP contribution < -0.4 is 10.1 Å². The number of nitrogens with one attached hydrogen (secondary N) is 1. The van der Waals surface area contributed by atoms with Crippen molar-refractivity contribution in [2.24, 2.45) is 0 Å². The van der Waals surface area contributed by atoms with Gasteiger partial charge in [0.15, 0.2) is 5.13 Å². The van der Waals surface area contributed by atoms with Gasteiger partial charge in [-0.05, 0) is 42.8 Å². The molecule has 0 saturated heterocycles. The zero-order chi connectivity index (χ0) is 22.0. The highest BCUT2D eigenvalue weighted by Crippen LogP contribution is 2.31. The van der Waals surface area contributed by atoms with E-state index in [1.54, 1.807) is 31.4 Å². The molecule has 1 aliphatic rings. The SMILES string of the molecule is COc1ccc(-c2nc(NC(=O)CCN3C(=O)Cc4ccccc4C3=O)sc2C)cc1. The lowest BCUT2D eigenvalue weighted by Gasteiger charge is -2.26. The van der Waals surface area contributed by atoms with Crippen molar-refractivity contribution in [3.05, 3.63) is 64.5 Å². The molecule has 31 heavy (non-hydrogen) atoms. The number of aromatic nitrogens is 1. The number of aryl methyl sites for hydroxylation is 1. The minimum absolute atomic E-state index is 0.0101. The number of carbonyl (C=O) groups is 3. The summed E-state index contributed by atoms with van der Waals surface area (Å²) in [6.07, 6.45) is 0.177. The summed E-state index contributed by atoms with van der Waals surface area (Å²) >= 11 is 1.38. The van der Waals surface area contributed by atoms with Gasteiger partial charge >= 0.3 is 0 Å². The second kappa shape index (κ2) is 8.69. The minimum atomic E-state index is -0.355. The number of fused-ring (bicyclic) bond motifs is 1. The molecule has 0 aliphatic carbocycles. The molecule has 0 radical (unpaired) electrons. The molecule has 158 valence electrons. The molecule has 3 amide bonds. The van der Waals surface area contributed by atoms with Crippen LogP contribution in [0.1, 0.15) is 27.2 Å². The summed E-state index contributed by atoms with van der Waals surface area (Å²) in [5.74, 6) is -0.181. The lowest BCUT2D eigenvalue weighted by Crippen LogP contribution is -2.43. The summed E-state index contributed by atoms with van der Waals surface area (Å²) < 4.78 is 5.18. The maximum absolute atomic E-state index is 12.6. The molecule has 4 rings (SSSR count). The highest BCUT2D eigenvalue weighted by atomic mass is 32.1. The van der Waals surface area contributed by atoms with Crippen LogP contribution in [0, 0.1) is 6.92 Å². The number of nitrogens with zero attached hydrogens (tertiary/aromatic N) is 2. The molecule has 0 saturated carbocycles. The fourth-order valence-electron chi connectivity index (χ4n) is 3.49. The number of anilines is 1. The van der Waals surface area contributed by atoms with Gasteiger partial charge in [-0.25, -0.2) is 4.98 Å². The first-order chi connectivity index (χ1) is 15.0. The Morgan fingerprint density at radius 1 is 1.16 bits per heavy atom. The van der Waals surface area contributed by atoms with Crippen LogP contribution in [-0.2, 0) is 16.0 Å². The number of benzene rings is 2. The van der Waals surface area contributed by atoms with Gasteiger partial charge in [0.2, 0.25) is 11.8 Å². The number of thiazole rings is 1. The summed E-state index contributed by atoms with van der Waals surface area (Å²) in [4.78, 5) is 44.0. The number of hydrogen-bond acceptors (Lipinski definition) is 6. The normalized spacial score (nSPS) is 13.2. The molecule has 0 atom stereocenters. The van der Waals surface area contributed by atoms with Crippen LogP contribution >= 0.6 is 11.3 Å². The number of ether oxygens (including phenoxy) is 1. The van der Waals surface area contributed by atoms with Crippen molar-refractivity contribution in [3.8, 4) is 17.0 Å². The predicted molar refractivity (Wildman–Crippen MR) is 118 cm³/mol. The van der Waals surface area contributed by atoms with E-state index in [-0.39, 0.29) is 37.1 Å². The van der Waals surface area contributed by atoms with Crippen LogP contribution in [0.5, 0.6) is 5.75 Å². The van der Waals surface area contributed by atoms with Gasteiger partial charge < -0.3 is 10.1 Å². The van der Waals surface area contributed by atoms with Crippen LogP contribution in [-0.4, -0.2) is 41.3 Å². The van der Waals surface area contributed by atoms with Gasteiger partial charge in [0.05, 0.1) is 19.2 Å². The first-order valence-corrected chi connectivity index (χ1v) is 10.6. The van der Waals surface area contributed by atoms with Crippen LogP contribution in [0.25, 0.3) is 11.3 Å². The average molecular weight is 436 g/mol. The molecule has 0 bridgehead atoms. The number of carbonyl (C=O) groups excluding carboxylic acids is 3. The molecule has 7 nitrogen and oxygen atoms in total. The van der Waals surface area contributed by atoms with Crippen molar-refractivity contribution in [1.82, 2.24) is 9.88 Å². The second-order valence-electron chi connectivity index (χ2n) is 7.13. The third kappa shape index (κ3) is 4.34. The van der Waals surface area contributed by atoms with E-state index in [4.69, 9.17) is 4.74 Å². The molecule has 0 spiro atoms. The van der Waals surface area contributed by atoms with Crippen molar-refractivity contribution in [3.63, 3.8) is 0 Å². The van der Waals surface area contributed by atoms with E-state index in [9.17, 15) is 14.4 Å². The highest BCUT2D eigenvalue weighted by Gasteiger charge is 2.30. The Labute approximate surface area is 183 Å². The van der Waals surface area contributed by atoms with Crippen molar-refractivity contribution in [1.29, 1.82) is 0 Å². The maximum Gasteiger partial charge on any atom is 0.260 e. The Morgan fingerprint density at radius 3 is 2.65 bits per heavy atom. The van der Waals surface area contributed by atoms with Crippen LogP contribution in [0.15, 0.2) is 48.5 Å². The number of methoxy groups -OCH3 is 1. The van der Waals surface area contributed by atoms with E-state index >= 15 is 0 Å². The number of rotatable bonds is 6. The molecule has 1 N–H and O–H groups in total. The van der Waals surface area contributed by atoms with Crippen LogP contribution in [0.3, 0.4) is 0 Å². The highest BCUT2D eigenvalue weighted by molar-refractivity contribution is 7.16. The molecule has 1 aromatic heterocycles. The van der Waals surface area contributed by atoms with Crippen molar-refractivity contribution >= 4 is 34.2 Å². The summed E-state index contributed by atoms with van der Waals surface area (Å²) in [5.41, 5.74) is 2.96. The lowest BCUT2D eigenvalue weighted by molar-refractivity contribution is -0.128. The van der Waals surface area contributed by atoms with E-state index in [0.29, 0.717) is 10.7 Å². The van der Waals surface area contributed by atoms with Gasteiger partial charge in [-0.15, -0.1) is 11.3 Å². The minimum Gasteiger partial charge on any atom is -0.497 e. The number of amides is 3. The van der Waals surface area contributed by atoms with E-state index in [1.807, 2.05) is 31.2 Å². The Bertz CT molecular complexity index is 1150. The molecule has 3 aromatic rings. The zero-order valence-electron chi connectivity index (χ0n) is 17.2. The average Bonchev–Trinajstić information content (AvgIpc) is 3.13. The van der Waals surface area contributed by atoms with E-state index in [0.717, 1.165) is 32.3 Å². The smallest absolute Gasteiger partial charge is 0.260 e. The molecule has 1 aliphatic heterocycles. The van der Waals surface area contributed by atoms with Crippen molar-refractivity contribution in [2.45, 2.75) is 19.8 Å². The number of hydrogen-bond donors (Lipinski definition) is 1. The molecule has 0 fully saturated rings. The van der Waals surface area contributed by atoms with Gasteiger partial charge in [0.1, 0.15) is 5.75 Å². The quantitative estimate of drug-likeness (QED) is 0.597. The van der Waals surface area contributed by atoms with Gasteiger partial charge in [-0.3, -0.25) is 19.3 Å². The summed E-state index contributed by atoms with van der Waals surface area (Å²) in [5, 5.41) is 3.26. The molecule has 8 heteroatoms. The van der Waals surface area contributed by atoms with Crippen LogP contribution in [0.4, 0.5) is 5.13 Å². The van der Waals surface area contributed by atoms with Gasteiger partial charge in [0.25, 0.3) is 5.91 Å². The largest absolute Gasteiger partial charge is 0.497 e. The maximum atomic E-state index is 12.6.